The first-order valence-corrected chi connectivity index (χ1v) is 7.09. The lowest BCUT2D eigenvalue weighted by molar-refractivity contribution is -0.117. The molecule has 1 aromatic carbocycles. The maximum atomic E-state index is 12.0. The normalized spacial score (nSPS) is 10.8. The van der Waals surface area contributed by atoms with E-state index in [1.54, 1.807) is 18.2 Å². The lowest BCUT2D eigenvalue weighted by Gasteiger charge is -2.19. The second-order valence-electron chi connectivity index (χ2n) is 4.35. The molecule has 0 aliphatic carbocycles. The number of nitrogen functional groups attached to an aromatic ring is 1. The number of nitrogens with two attached hydrogens (primary N) is 1. The Balaban J connectivity index is 2.48. The quantitative estimate of drug-likeness (QED) is 0.570. The zero-order valence-corrected chi connectivity index (χ0v) is 12.7. The molecule has 0 aromatic heterocycles. The molecule has 0 atom stereocenters. The Kier molecular flexibility index (Phi) is 7.36. The van der Waals surface area contributed by atoms with Gasteiger partial charge in [0.15, 0.2) is 0 Å². The number of nitrogens with zero attached hydrogens (tertiary/aromatic N) is 1. The second kappa shape index (κ2) is 8.79. The highest BCUT2D eigenvalue weighted by atomic mass is 35.5. The van der Waals surface area contributed by atoms with Crippen LogP contribution in [0.3, 0.4) is 0 Å². The van der Waals surface area contributed by atoms with E-state index < -0.39 is 0 Å². The SMILES string of the molecule is CCOCCN(CC)CC(=O)Nc1ccc(N)cc1Cl. The topological polar surface area (TPSA) is 67.6 Å². The molecule has 1 rings (SSSR count). The molecule has 1 amide bonds. The molecule has 5 nitrogen and oxygen atoms in total. The average Bonchev–Trinajstić information content (AvgIpc) is 2.41. The molecule has 0 unspecified atom stereocenters. The summed E-state index contributed by atoms with van der Waals surface area (Å²) in [4.78, 5) is 14.0. The third kappa shape index (κ3) is 5.77. The maximum absolute atomic E-state index is 12.0. The summed E-state index contributed by atoms with van der Waals surface area (Å²) in [6.07, 6.45) is 0. The van der Waals surface area contributed by atoms with Crippen molar-refractivity contribution in [3.8, 4) is 0 Å². The van der Waals surface area contributed by atoms with Crippen LogP contribution >= 0.6 is 11.6 Å². The van der Waals surface area contributed by atoms with Crippen LogP contribution in [-0.4, -0.2) is 43.7 Å². The Hall–Kier alpha value is -1.30. The molecule has 0 radical (unpaired) electrons. The van der Waals surface area contributed by atoms with E-state index in [4.69, 9.17) is 22.1 Å². The van der Waals surface area contributed by atoms with Crippen molar-refractivity contribution in [2.75, 3.05) is 43.9 Å². The fourth-order valence-electron chi connectivity index (χ4n) is 1.71. The van der Waals surface area contributed by atoms with Crippen molar-refractivity contribution in [1.29, 1.82) is 0 Å². The molecule has 0 fully saturated rings. The Bertz CT molecular complexity index is 440. The maximum Gasteiger partial charge on any atom is 0.238 e. The summed E-state index contributed by atoms with van der Waals surface area (Å²) in [5, 5.41) is 3.22. The number of likely N-dealkylation sites (N-methyl/N-ethyl adjacent to an activating group) is 1. The van der Waals surface area contributed by atoms with Crippen molar-refractivity contribution in [2.45, 2.75) is 13.8 Å². The van der Waals surface area contributed by atoms with Gasteiger partial charge in [0.25, 0.3) is 0 Å². The molecule has 6 heteroatoms. The van der Waals surface area contributed by atoms with Crippen LogP contribution in [-0.2, 0) is 9.53 Å². The summed E-state index contributed by atoms with van der Waals surface area (Å²) < 4.78 is 5.29. The van der Waals surface area contributed by atoms with Crippen molar-refractivity contribution >= 4 is 28.9 Å². The van der Waals surface area contributed by atoms with Crippen LogP contribution in [0, 0.1) is 0 Å². The summed E-state index contributed by atoms with van der Waals surface area (Å²) in [5.41, 5.74) is 6.75. The number of hydrogen-bond donors (Lipinski definition) is 2. The Labute approximate surface area is 125 Å². The van der Waals surface area contributed by atoms with E-state index in [0.29, 0.717) is 36.2 Å². The highest BCUT2D eigenvalue weighted by Gasteiger charge is 2.10. The van der Waals surface area contributed by atoms with Crippen LogP contribution in [0.15, 0.2) is 18.2 Å². The van der Waals surface area contributed by atoms with Crippen molar-refractivity contribution < 1.29 is 9.53 Å². The van der Waals surface area contributed by atoms with E-state index in [9.17, 15) is 4.79 Å². The third-order valence-corrected chi connectivity index (χ3v) is 3.15. The highest BCUT2D eigenvalue weighted by Crippen LogP contribution is 2.23. The molecule has 0 aliphatic heterocycles. The predicted molar refractivity (Wildman–Crippen MR) is 83.1 cm³/mol. The van der Waals surface area contributed by atoms with Crippen molar-refractivity contribution in [2.24, 2.45) is 0 Å². The fraction of sp³-hybridized carbons (Fsp3) is 0.500. The van der Waals surface area contributed by atoms with Crippen LogP contribution in [0.4, 0.5) is 11.4 Å². The minimum Gasteiger partial charge on any atom is -0.399 e. The largest absolute Gasteiger partial charge is 0.399 e. The summed E-state index contributed by atoms with van der Waals surface area (Å²) in [6.45, 7) is 7.10. The standard InChI is InChI=1S/C14H22ClN3O2/c1-3-18(7-8-20-4-2)10-14(19)17-13-6-5-11(16)9-12(13)15/h5-6,9H,3-4,7-8,10,16H2,1-2H3,(H,17,19). The van der Waals surface area contributed by atoms with Gasteiger partial charge in [-0.1, -0.05) is 18.5 Å². The summed E-state index contributed by atoms with van der Waals surface area (Å²) in [6, 6.07) is 5.02. The lowest BCUT2D eigenvalue weighted by atomic mass is 10.3. The van der Waals surface area contributed by atoms with Gasteiger partial charge in [-0.3, -0.25) is 9.69 Å². The number of carbonyl (C=O) groups excluding carboxylic acids is 1. The molecule has 20 heavy (non-hydrogen) atoms. The first-order chi connectivity index (χ1) is 9.56. The van der Waals surface area contributed by atoms with E-state index in [-0.39, 0.29) is 5.91 Å². The smallest absolute Gasteiger partial charge is 0.238 e. The summed E-state index contributed by atoms with van der Waals surface area (Å²) >= 11 is 6.02. The Morgan fingerprint density at radius 3 is 2.80 bits per heavy atom. The van der Waals surface area contributed by atoms with Crippen molar-refractivity contribution in [1.82, 2.24) is 4.90 Å². The molecular formula is C14H22ClN3O2. The predicted octanol–water partition coefficient (Wildman–Crippen LogP) is 2.22. The number of halogens is 1. The Morgan fingerprint density at radius 1 is 1.45 bits per heavy atom. The van der Waals surface area contributed by atoms with Crippen LogP contribution < -0.4 is 11.1 Å². The fourth-order valence-corrected chi connectivity index (χ4v) is 1.95. The van der Waals surface area contributed by atoms with Gasteiger partial charge >= 0.3 is 0 Å². The first kappa shape index (κ1) is 16.8. The number of nitrogens with one attached hydrogen (secondary N) is 1. The summed E-state index contributed by atoms with van der Waals surface area (Å²) in [7, 11) is 0. The molecule has 0 aliphatic rings. The number of rotatable bonds is 8. The number of hydrogen-bond acceptors (Lipinski definition) is 4. The van der Waals surface area contributed by atoms with E-state index in [2.05, 4.69) is 5.32 Å². The number of benzene rings is 1. The van der Waals surface area contributed by atoms with E-state index >= 15 is 0 Å². The minimum atomic E-state index is -0.102. The monoisotopic (exact) mass is 299 g/mol. The molecule has 112 valence electrons. The third-order valence-electron chi connectivity index (χ3n) is 2.84. The molecule has 0 heterocycles. The van der Waals surface area contributed by atoms with Gasteiger partial charge in [0.1, 0.15) is 0 Å². The molecule has 0 bridgehead atoms. The van der Waals surface area contributed by atoms with E-state index in [1.165, 1.54) is 0 Å². The lowest BCUT2D eigenvalue weighted by Crippen LogP contribution is -2.35. The van der Waals surface area contributed by atoms with Gasteiger partial charge in [0.2, 0.25) is 5.91 Å². The van der Waals surface area contributed by atoms with Crippen LogP contribution in [0.1, 0.15) is 13.8 Å². The van der Waals surface area contributed by atoms with Gasteiger partial charge < -0.3 is 15.8 Å². The average molecular weight is 300 g/mol. The van der Waals surface area contributed by atoms with E-state index in [1.807, 2.05) is 18.7 Å². The molecule has 1 aromatic rings. The molecule has 0 saturated carbocycles. The van der Waals surface area contributed by atoms with Gasteiger partial charge in [-0.15, -0.1) is 0 Å². The molecular weight excluding hydrogens is 278 g/mol. The summed E-state index contributed by atoms with van der Waals surface area (Å²) in [5.74, 6) is -0.102. The number of anilines is 2. The van der Waals surface area contributed by atoms with Gasteiger partial charge in [-0.05, 0) is 31.7 Å². The van der Waals surface area contributed by atoms with E-state index in [0.717, 1.165) is 13.1 Å². The first-order valence-electron chi connectivity index (χ1n) is 6.71. The number of carbonyl (C=O) groups is 1. The van der Waals surface area contributed by atoms with Gasteiger partial charge in [0, 0.05) is 18.8 Å². The highest BCUT2D eigenvalue weighted by molar-refractivity contribution is 6.34. The zero-order chi connectivity index (χ0) is 15.0. The number of ether oxygens (including phenoxy) is 1. The second-order valence-corrected chi connectivity index (χ2v) is 4.76. The molecule has 0 saturated heterocycles. The molecule has 3 N–H and O–H groups in total. The van der Waals surface area contributed by atoms with Gasteiger partial charge in [-0.25, -0.2) is 0 Å². The minimum absolute atomic E-state index is 0.102. The van der Waals surface area contributed by atoms with Gasteiger partial charge in [0.05, 0.1) is 23.9 Å². The van der Waals surface area contributed by atoms with Crippen LogP contribution in [0.2, 0.25) is 5.02 Å². The van der Waals surface area contributed by atoms with Gasteiger partial charge in [-0.2, -0.15) is 0 Å². The molecule has 0 spiro atoms. The Morgan fingerprint density at radius 2 is 2.20 bits per heavy atom. The zero-order valence-electron chi connectivity index (χ0n) is 12.0. The van der Waals surface area contributed by atoms with Crippen LogP contribution in [0.25, 0.3) is 0 Å². The van der Waals surface area contributed by atoms with Crippen LogP contribution in [0.5, 0.6) is 0 Å². The van der Waals surface area contributed by atoms with Crippen molar-refractivity contribution in [3.63, 3.8) is 0 Å². The number of amides is 1. The van der Waals surface area contributed by atoms with Crippen molar-refractivity contribution in [3.05, 3.63) is 23.2 Å².